The summed E-state index contributed by atoms with van der Waals surface area (Å²) in [6.07, 6.45) is 1.70. The van der Waals surface area contributed by atoms with Crippen LogP contribution in [0.3, 0.4) is 0 Å². The Balaban J connectivity index is 1.48. The summed E-state index contributed by atoms with van der Waals surface area (Å²) < 4.78 is 38.6. The predicted molar refractivity (Wildman–Crippen MR) is 105 cm³/mol. The van der Waals surface area contributed by atoms with Crippen molar-refractivity contribution in [3.8, 4) is 11.5 Å². The fourth-order valence-corrected chi connectivity index (χ4v) is 4.67. The summed E-state index contributed by atoms with van der Waals surface area (Å²) in [5.41, 5.74) is 0.955. The van der Waals surface area contributed by atoms with Gasteiger partial charge in [-0.15, -0.1) is 5.10 Å². The predicted octanol–water partition coefficient (Wildman–Crippen LogP) is 0.825. The monoisotopic (exact) mass is 405 g/mol. The van der Waals surface area contributed by atoms with E-state index in [2.05, 4.69) is 15.1 Å². The van der Waals surface area contributed by atoms with Gasteiger partial charge >= 0.3 is 0 Å². The molecule has 9 nitrogen and oxygen atoms in total. The van der Waals surface area contributed by atoms with Crippen LogP contribution in [0.5, 0.6) is 11.5 Å². The smallest absolute Gasteiger partial charge is 0.243 e. The van der Waals surface area contributed by atoms with E-state index < -0.39 is 10.0 Å². The van der Waals surface area contributed by atoms with Gasteiger partial charge in [0.05, 0.1) is 16.8 Å². The minimum atomic E-state index is -3.60. The molecule has 1 saturated heterocycles. The average molecular weight is 405 g/mol. The third-order valence-electron chi connectivity index (χ3n) is 4.86. The highest BCUT2D eigenvalue weighted by atomic mass is 32.2. The number of anilines is 2. The average Bonchev–Trinajstić information content (AvgIpc) is 2.73. The first-order chi connectivity index (χ1) is 13.4. The van der Waals surface area contributed by atoms with E-state index in [-0.39, 0.29) is 4.90 Å². The van der Waals surface area contributed by atoms with E-state index >= 15 is 0 Å². The molecule has 2 aromatic rings. The Morgan fingerprint density at radius 2 is 1.71 bits per heavy atom. The maximum atomic E-state index is 13.0. The van der Waals surface area contributed by atoms with Crippen molar-refractivity contribution < 1.29 is 17.9 Å². The molecule has 0 atom stereocenters. The van der Waals surface area contributed by atoms with Crippen molar-refractivity contribution in [1.82, 2.24) is 14.5 Å². The van der Waals surface area contributed by atoms with Gasteiger partial charge in [-0.05, 0) is 12.1 Å². The second-order valence-electron chi connectivity index (χ2n) is 6.86. The number of rotatable bonds is 4. The number of sulfonamides is 1. The summed E-state index contributed by atoms with van der Waals surface area (Å²) >= 11 is 0. The first-order valence-corrected chi connectivity index (χ1v) is 10.5. The summed E-state index contributed by atoms with van der Waals surface area (Å²) in [4.78, 5) is 4.23. The van der Waals surface area contributed by atoms with Crippen LogP contribution in [0.15, 0.2) is 35.4 Å². The number of nitrogens with zero attached hydrogens (tertiary/aromatic N) is 5. The van der Waals surface area contributed by atoms with Gasteiger partial charge in [-0.25, -0.2) is 8.42 Å². The van der Waals surface area contributed by atoms with Crippen LogP contribution in [-0.4, -0.2) is 76.4 Å². The van der Waals surface area contributed by atoms with E-state index in [0.29, 0.717) is 50.9 Å². The highest BCUT2D eigenvalue weighted by Crippen LogP contribution is 2.33. The summed E-state index contributed by atoms with van der Waals surface area (Å²) in [7, 11) is 0.290. The van der Waals surface area contributed by atoms with Crippen LogP contribution < -0.4 is 19.3 Å². The van der Waals surface area contributed by atoms with Crippen LogP contribution in [0.2, 0.25) is 0 Å². The first kappa shape index (κ1) is 18.8. The van der Waals surface area contributed by atoms with E-state index in [1.54, 1.807) is 24.4 Å². The SMILES string of the molecule is CN(C)c1cnnc(N2CCN(S(=O)(=O)c3ccc4c(c3)OCCO4)CC2)c1. The minimum Gasteiger partial charge on any atom is -0.486 e. The highest BCUT2D eigenvalue weighted by molar-refractivity contribution is 7.89. The molecule has 2 aliphatic rings. The molecule has 150 valence electrons. The Labute approximate surface area is 164 Å². The molecule has 28 heavy (non-hydrogen) atoms. The Hall–Kier alpha value is -2.59. The highest BCUT2D eigenvalue weighted by Gasteiger charge is 2.30. The van der Waals surface area contributed by atoms with Gasteiger partial charge in [-0.3, -0.25) is 0 Å². The lowest BCUT2D eigenvalue weighted by molar-refractivity contribution is 0.171. The van der Waals surface area contributed by atoms with Crippen LogP contribution >= 0.6 is 0 Å². The van der Waals surface area contributed by atoms with Crippen molar-refractivity contribution in [3.05, 3.63) is 30.5 Å². The number of hydrogen-bond acceptors (Lipinski definition) is 8. The molecule has 4 rings (SSSR count). The lowest BCUT2D eigenvalue weighted by atomic mass is 10.3. The molecule has 0 unspecified atom stereocenters. The van der Waals surface area contributed by atoms with Crippen molar-refractivity contribution in [3.63, 3.8) is 0 Å². The Bertz CT molecular complexity index is 958. The molecule has 1 fully saturated rings. The zero-order chi connectivity index (χ0) is 19.7. The van der Waals surface area contributed by atoms with Gasteiger partial charge in [-0.2, -0.15) is 9.40 Å². The largest absolute Gasteiger partial charge is 0.486 e. The standard InChI is InChI=1S/C18H23N5O4S/c1-21(2)14-11-18(20-19-13-14)22-5-7-23(8-6-22)28(24,25)15-3-4-16-17(12-15)27-10-9-26-16/h3-4,11-13H,5-10H2,1-2H3. The quantitative estimate of drug-likeness (QED) is 0.739. The van der Waals surface area contributed by atoms with Gasteiger partial charge in [0.25, 0.3) is 0 Å². The Kier molecular flexibility index (Phi) is 4.98. The fourth-order valence-electron chi connectivity index (χ4n) is 3.24. The van der Waals surface area contributed by atoms with Crippen LogP contribution in [0.4, 0.5) is 11.5 Å². The third-order valence-corrected chi connectivity index (χ3v) is 6.75. The summed E-state index contributed by atoms with van der Waals surface area (Å²) in [5, 5.41) is 8.24. The Morgan fingerprint density at radius 1 is 1.00 bits per heavy atom. The molecule has 1 aromatic carbocycles. The van der Waals surface area contributed by atoms with E-state index in [4.69, 9.17) is 9.47 Å². The first-order valence-electron chi connectivity index (χ1n) is 9.10. The van der Waals surface area contributed by atoms with Gasteiger partial charge in [0, 0.05) is 52.4 Å². The van der Waals surface area contributed by atoms with Gasteiger partial charge < -0.3 is 19.3 Å². The number of benzene rings is 1. The number of fused-ring (bicyclic) bond motifs is 1. The van der Waals surface area contributed by atoms with E-state index in [0.717, 1.165) is 11.5 Å². The lowest BCUT2D eigenvalue weighted by Crippen LogP contribution is -2.49. The molecular weight excluding hydrogens is 382 g/mol. The van der Waals surface area contributed by atoms with E-state index in [9.17, 15) is 8.42 Å². The number of piperazine rings is 1. The number of aromatic nitrogens is 2. The lowest BCUT2D eigenvalue weighted by Gasteiger charge is -2.34. The van der Waals surface area contributed by atoms with Gasteiger partial charge in [0.2, 0.25) is 10.0 Å². The molecule has 10 heteroatoms. The van der Waals surface area contributed by atoms with Crippen LogP contribution in [-0.2, 0) is 10.0 Å². The van der Waals surface area contributed by atoms with E-state index in [1.807, 2.05) is 25.1 Å². The molecule has 0 radical (unpaired) electrons. The maximum Gasteiger partial charge on any atom is 0.243 e. The number of hydrogen-bond donors (Lipinski definition) is 0. The van der Waals surface area contributed by atoms with Crippen molar-refractivity contribution in [2.45, 2.75) is 4.90 Å². The van der Waals surface area contributed by atoms with Crippen molar-refractivity contribution in [2.75, 3.05) is 63.3 Å². The molecule has 0 aliphatic carbocycles. The topological polar surface area (TPSA) is 88.1 Å². The van der Waals surface area contributed by atoms with Crippen molar-refractivity contribution in [2.24, 2.45) is 0 Å². The zero-order valence-electron chi connectivity index (χ0n) is 15.9. The molecule has 3 heterocycles. The third kappa shape index (κ3) is 3.57. The second-order valence-corrected chi connectivity index (χ2v) is 8.80. The molecular formula is C18H23N5O4S. The summed E-state index contributed by atoms with van der Waals surface area (Å²) in [6, 6.07) is 6.72. The number of ether oxygens (including phenoxy) is 2. The molecule has 0 saturated carbocycles. The van der Waals surface area contributed by atoms with Crippen LogP contribution in [0, 0.1) is 0 Å². The maximum absolute atomic E-state index is 13.0. The second kappa shape index (κ2) is 7.44. The van der Waals surface area contributed by atoms with E-state index in [1.165, 1.54) is 4.31 Å². The van der Waals surface area contributed by atoms with Crippen molar-refractivity contribution >= 4 is 21.5 Å². The molecule has 0 bridgehead atoms. The Morgan fingerprint density at radius 3 is 2.43 bits per heavy atom. The summed E-state index contributed by atoms with van der Waals surface area (Å²) in [6.45, 7) is 2.75. The molecule has 0 amide bonds. The van der Waals surface area contributed by atoms with Gasteiger partial charge in [-0.1, -0.05) is 0 Å². The molecule has 0 N–H and O–H groups in total. The normalized spacial score (nSPS) is 17.4. The minimum absolute atomic E-state index is 0.222. The van der Waals surface area contributed by atoms with Crippen LogP contribution in [0.1, 0.15) is 0 Å². The zero-order valence-corrected chi connectivity index (χ0v) is 16.7. The van der Waals surface area contributed by atoms with Gasteiger partial charge in [0.1, 0.15) is 13.2 Å². The fraction of sp³-hybridized carbons (Fsp3) is 0.444. The molecule has 2 aliphatic heterocycles. The molecule has 0 spiro atoms. The van der Waals surface area contributed by atoms with Crippen LogP contribution in [0.25, 0.3) is 0 Å². The van der Waals surface area contributed by atoms with Crippen molar-refractivity contribution in [1.29, 1.82) is 0 Å². The summed E-state index contributed by atoms with van der Waals surface area (Å²) in [5.74, 6) is 1.80. The van der Waals surface area contributed by atoms with Gasteiger partial charge in [0.15, 0.2) is 17.3 Å². The molecule has 1 aromatic heterocycles.